The van der Waals surface area contributed by atoms with E-state index in [1.165, 1.54) is 16.8 Å². The van der Waals surface area contributed by atoms with Crippen LogP contribution >= 0.6 is 0 Å². The summed E-state index contributed by atoms with van der Waals surface area (Å²) in [7, 11) is 0. The second kappa shape index (κ2) is 5.10. The number of aryl methyl sites for hydroxylation is 1. The van der Waals surface area contributed by atoms with Crippen molar-refractivity contribution in [3.63, 3.8) is 0 Å². The zero-order valence-electron chi connectivity index (χ0n) is 9.93. The fourth-order valence-corrected chi connectivity index (χ4v) is 1.79. The summed E-state index contributed by atoms with van der Waals surface area (Å²) >= 11 is 0. The summed E-state index contributed by atoms with van der Waals surface area (Å²) in [5.41, 5.74) is 1.45. The first-order chi connectivity index (χ1) is 8.63. The van der Waals surface area contributed by atoms with E-state index in [0.29, 0.717) is 11.3 Å². The Hall–Kier alpha value is -2.01. The minimum Gasteiger partial charge on any atom is -0.392 e. The molecule has 0 atom stereocenters. The van der Waals surface area contributed by atoms with Gasteiger partial charge < -0.3 is 9.67 Å². The molecular formula is C13H13FN2O2. The molecule has 2 aromatic heterocycles. The smallest absolute Gasteiger partial charge is 0.286 e. The summed E-state index contributed by atoms with van der Waals surface area (Å²) in [5.74, 6) is -0.796. The number of nitrogens with zero attached hydrogens (tertiary/aromatic N) is 2. The van der Waals surface area contributed by atoms with Crippen molar-refractivity contribution in [1.29, 1.82) is 0 Å². The second-order valence-corrected chi connectivity index (χ2v) is 4.00. The first kappa shape index (κ1) is 12.4. The molecule has 0 radical (unpaired) electrons. The van der Waals surface area contributed by atoms with E-state index in [-0.39, 0.29) is 13.2 Å². The molecule has 2 heterocycles. The van der Waals surface area contributed by atoms with E-state index >= 15 is 0 Å². The van der Waals surface area contributed by atoms with Gasteiger partial charge in [0.05, 0.1) is 18.8 Å². The minimum absolute atomic E-state index is 0.147. The highest BCUT2D eigenvalue weighted by Crippen LogP contribution is 2.12. The maximum atomic E-state index is 13.1. The number of hydrogen-bond acceptors (Lipinski definition) is 3. The lowest BCUT2D eigenvalue weighted by atomic mass is 10.1. The monoisotopic (exact) mass is 248 g/mol. The van der Waals surface area contributed by atoms with Gasteiger partial charge in [-0.05, 0) is 30.7 Å². The minimum atomic E-state index is -0.796. The summed E-state index contributed by atoms with van der Waals surface area (Å²) < 4.78 is 14.4. The van der Waals surface area contributed by atoms with Gasteiger partial charge in [-0.2, -0.15) is 0 Å². The molecule has 0 saturated carbocycles. The van der Waals surface area contributed by atoms with Crippen LogP contribution in [-0.2, 0) is 13.2 Å². The molecule has 0 unspecified atom stereocenters. The highest BCUT2D eigenvalue weighted by atomic mass is 19.1. The normalized spacial score (nSPS) is 10.6. The van der Waals surface area contributed by atoms with Crippen LogP contribution in [-0.4, -0.2) is 14.7 Å². The van der Waals surface area contributed by atoms with Gasteiger partial charge in [-0.25, -0.2) is 4.39 Å². The van der Waals surface area contributed by atoms with Crippen molar-refractivity contribution >= 4 is 0 Å². The lowest BCUT2D eigenvalue weighted by molar-refractivity contribution is 0.279. The quantitative estimate of drug-likeness (QED) is 0.888. The maximum absolute atomic E-state index is 13.1. The Morgan fingerprint density at radius 1 is 1.44 bits per heavy atom. The molecular weight excluding hydrogens is 235 g/mol. The van der Waals surface area contributed by atoms with Crippen molar-refractivity contribution in [3.05, 3.63) is 63.6 Å². The molecule has 0 fully saturated rings. The largest absolute Gasteiger partial charge is 0.392 e. The number of pyridine rings is 2. The van der Waals surface area contributed by atoms with Crippen molar-refractivity contribution in [3.8, 4) is 0 Å². The SMILES string of the molecule is Cc1ccnc(Cn2cccc(F)c2=O)c1CO. The van der Waals surface area contributed by atoms with Gasteiger partial charge >= 0.3 is 0 Å². The van der Waals surface area contributed by atoms with Gasteiger partial charge in [0, 0.05) is 18.0 Å². The zero-order valence-corrected chi connectivity index (χ0v) is 9.93. The zero-order chi connectivity index (χ0) is 13.1. The first-order valence-corrected chi connectivity index (χ1v) is 5.52. The van der Waals surface area contributed by atoms with E-state index in [1.54, 1.807) is 12.3 Å². The fraction of sp³-hybridized carbons (Fsp3) is 0.231. The lowest BCUT2D eigenvalue weighted by Crippen LogP contribution is -2.23. The van der Waals surface area contributed by atoms with Crippen molar-refractivity contribution in [2.24, 2.45) is 0 Å². The summed E-state index contributed by atoms with van der Waals surface area (Å²) in [5, 5.41) is 9.30. The standard InChI is InChI=1S/C13H13FN2O2/c1-9-4-5-15-12(10(9)8-17)7-16-6-2-3-11(14)13(16)18/h2-6,17H,7-8H2,1H3. The Kier molecular flexibility index (Phi) is 3.53. The molecule has 18 heavy (non-hydrogen) atoms. The number of aliphatic hydroxyl groups is 1. The van der Waals surface area contributed by atoms with Crippen LogP contribution in [0.25, 0.3) is 0 Å². The third kappa shape index (κ3) is 2.31. The predicted octanol–water partition coefficient (Wildman–Crippen LogP) is 1.23. The summed E-state index contributed by atoms with van der Waals surface area (Å²) in [6.45, 7) is 1.85. The van der Waals surface area contributed by atoms with Crippen molar-refractivity contribution in [2.45, 2.75) is 20.1 Å². The number of halogens is 1. The lowest BCUT2D eigenvalue weighted by Gasteiger charge is -2.10. The molecule has 0 aliphatic carbocycles. The van der Waals surface area contributed by atoms with E-state index in [1.807, 2.05) is 6.92 Å². The van der Waals surface area contributed by atoms with Gasteiger partial charge in [0.15, 0.2) is 5.82 Å². The molecule has 0 spiro atoms. The predicted molar refractivity (Wildman–Crippen MR) is 64.7 cm³/mol. The van der Waals surface area contributed by atoms with Crippen LogP contribution in [0.4, 0.5) is 4.39 Å². The highest BCUT2D eigenvalue weighted by Gasteiger charge is 2.09. The van der Waals surface area contributed by atoms with E-state index < -0.39 is 11.4 Å². The Morgan fingerprint density at radius 2 is 2.22 bits per heavy atom. The molecule has 0 aliphatic rings. The first-order valence-electron chi connectivity index (χ1n) is 5.52. The average Bonchev–Trinajstić information content (AvgIpc) is 2.35. The third-order valence-corrected chi connectivity index (χ3v) is 2.83. The van der Waals surface area contributed by atoms with Crippen LogP contribution in [0, 0.1) is 12.7 Å². The number of hydrogen-bond donors (Lipinski definition) is 1. The van der Waals surface area contributed by atoms with Crippen LogP contribution in [0.15, 0.2) is 35.4 Å². The Balaban J connectivity index is 2.43. The third-order valence-electron chi connectivity index (χ3n) is 2.83. The number of rotatable bonds is 3. The molecule has 5 heteroatoms. The van der Waals surface area contributed by atoms with Gasteiger partial charge in [-0.15, -0.1) is 0 Å². The molecule has 0 saturated heterocycles. The van der Waals surface area contributed by atoms with Gasteiger partial charge in [0.2, 0.25) is 0 Å². The molecule has 4 nitrogen and oxygen atoms in total. The van der Waals surface area contributed by atoms with Gasteiger partial charge in [0.1, 0.15) is 0 Å². The molecule has 94 valence electrons. The average molecular weight is 248 g/mol. The molecule has 0 amide bonds. The fourth-order valence-electron chi connectivity index (χ4n) is 1.79. The summed E-state index contributed by atoms with van der Waals surface area (Å²) in [6.07, 6.45) is 3.10. The number of aromatic nitrogens is 2. The van der Waals surface area contributed by atoms with Crippen LogP contribution in [0.3, 0.4) is 0 Å². The molecule has 2 aromatic rings. The van der Waals surface area contributed by atoms with Crippen molar-refractivity contribution in [2.75, 3.05) is 0 Å². The second-order valence-electron chi connectivity index (χ2n) is 4.00. The summed E-state index contributed by atoms with van der Waals surface area (Å²) in [4.78, 5) is 15.7. The van der Waals surface area contributed by atoms with Crippen molar-refractivity contribution in [1.82, 2.24) is 9.55 Å². The molecule has 0 bridgehead atoms. The van der Waals surface area contributed by atoms with E-state index in [4.69, 9.17) is 0 Å². The topological polar surface area (TPSA) is 55.1 Å². The van der Waals surface area contributed by atoms with Crippen LogP contribution in [0.1, 0.15) is 16.8 Å². The van der Waals surface area contributed by atoms with Crippen molar-refractivity contribution < 1.29 is 9.50 Å². The maximum Gasteiger partial charge on any atom is 0.286 e. The summed E-state index contributed by atoms with van der Waals surface area (Å²) in [6, 6.07) is 4.37. The molecule has 1 N–H and O–H groups in total. The Labute approximate surface area is 103 Å². The van der Waals surface area contributed by atoms with Crippen LogP contribution in [0.2, 0.25) is 0 Å². The number of aliphatic hydroxyl groups excluding tert-OH is 1. The Morgan fingerprint density at radius 3 is 2.94 bits per heavy atom. The molecule has 2 rings (SSSR count). The van der Waals surface area contributed by atoms with Gasteiger partial charge in [-0.3, -0.25) is 9.78 Å². The van der Waals surface area contributed by atoms with Crippen LogP contribution < -0.4 is 5.56 Å². The highest BCUT2D eigenvalue weighted by molar-refractivity contribution is 5.28. The molecule has 0 aromatic carbocycles. The van der Waals surface area contributed by atoms with E-state index in [2.05, 4.69) is 4.98 Å². The van der Waals surface area contributed by atoms with E-state index in [9.17, 15) is 14.3 Å². The van der Waals surface area contributed by atoms with Gasteiger partial charge in [0.25, 0.3) is 5.56 Å². The van der Waals surface area contributed by atoms with Crippen LogP contribution in [0.5, 0.6) is 0 Å². The Bertz CT molecular complexity index is 623. The van der Waals surface area contributed by atoms with E-state index in [0.717, 1.165) is 11.6 Å². The molecule has 0 aliphatic heterocycles. The van der Waals surface area contributed by atoms with Gasteiger partial charge in [-0.1, -0.05) is 0 Å².